The van der Waals surface area contributed by atoms with Gasteiger partial charge in [0, 0.05) is 40.0 Å². The van der Waals surface area contributed by atoms with Gasteiger partial charge in [-0.25, -0.2) is 13.9 Å². The molecule has 1 aliphatic heterocycles. The second-order valence-corrected chi connectivity index (χ2v) is 5.85. The van der Waals surface area contributed by atoms with Crippen LogP contribution in [0.5, 0.6) is 5.75 Å². The predicted molar refractivity (Wildman–Crippen MR) is 87.0 cm³/mol. The number of halogens is 1. The Kier molecular flexibility index (Phi) is 4.37. The number of ether oxygens (including phenoxy) is 1. The van der Waals surface area contributed by atoms with Crippen LogP contribution < -0.4 is 20.9 Å². The fourth-order valence-electron chi connectivity index (χ4n) is 2.77. The molecule has 0 N–H and O–H groups in total. The first-order chi connectivity index (χ1) is 11.5. The molecule has 0 atom stereocenters. The number of benzene rings is 1. The fraction of sp³-hybridized carbons (Fsp3) is 0.438. The standard InChI is InChI=1S/C16H19FN4O3/c1-19-15(22)14(18-20(2)16(19)23)21-9-7-13(8-10-21)24-12-5-3-11(17)4-6-12/h3-6,13H,7-10H2,1-2H3. The molecule has 8 heteroatoms. The molecule has 1 aliphatic rings. The Morgan fingerprint density at radius 1 is 1.12 bits per heavy atom. The van der Waals surface area contributed by atoms with E-state index in [2.05, 4.69) is 5.10 Å². The topological polar surface area (TPSA) is 69.4 Å². The molecule has 7 nitrogen and oxygen atoms in total. The van der Waals surface area contributed by atoms with E-state index in [4.69, 9.17) is 4.74 Å². The number of hydrogen-bond donors (Lipinski definition) is 0. The van der Waals surface area contributed by atoms with E-state index >= 15 is 0 Å². The minimum absolute atomic E-state index is 0.00287. The lowest BCUT2D eigenvalue weighted by atomic mass is 10.1. The number of aryl methyl sites for hydroxylation is 1. The van der Waals surface area contributed by atoms with Crippen molar-refractivity contribution < 1.29 is 9.13 Å². The van der Waals surface area contributed by atoms with Crippen LogP contribution in [0.3, 0.4) is 0 Å². The van der Waals surface area contributed by atoms with Crippen LogP contribution in [0.2, 0.25) is 0 Å². The maximum Gasteiger partial charge on any atom is 0.346 e. The number of anilines is 1. The highest BCUT2D eigenvalue weighted by molar-refractivity contribution is 5.35. The lowest BCUT2D eigenvalue weighted by molar-refractivity contribution is 0.170. The van der Waals surface area contributed by atoms with E-state index in [1.165, 1.54) is 26.2 Å². The van der Waals surface area contributed by atoms with Gasteiger partial charge in [0.2, 0.25) is 5.82 Å². The van der Waals surface area contributed by atoms with Crippen molar-refractivity contribution in [3.05, 3.63) is 50.9 Å². The summed E-state index contributed by atoms with van der Waals surface area (Å²) in [7, 11) is 2.97. The van der Waals surface area contributed by atoms with Crippen molar-refractivity contribution in [2.24, 2.45) is 14.1 Å². The Hall–Kier alpha value is -2.64. The lowest BCUT2D eigenvalue weighted by Gasteiger charge is -2.32. The minimum Gasteiger partial charge on any atom is -0.490 e. The molecule has 0 saturated carbocycles. The number of aromatic nitrogens is 3. The van der Waals surface area contributed by atoms with Gasteiger partial charge in [0.05, 0.1) is 0 Å². The highest BCUT2D eigenvalue weighted by Crippen LogP contribution is 2.20. The molecule has 0 spiro atoms. The molecule has 1 saturated heterocycles. The number of hydrogen-bond acceptors (Lipinski definition) is 5. The second kappa shape index (κ2) is 6.46. The van der Waals surface area contributed by atoms with Crippen molar-refractivity contribution in [1.29, 1.82) is 0 Å². The Balaban J connectivity index is 1.68. The normalized spacial score (nSPS) is 15.5. The molecule has 1 aromatic carbocycles. The largest absolute Gasteiger partial charge is 0.490 e. The molecule has 1 aromatic heterocycles. The third-order valence-electron chi connectivity index (χ3n) is 4.16. The van der Waals surface area contributed by atoms with Crippen molar-refractivity contribution in [3.63, 3.8) is 0 Å². The number of rotatable bonds is 3. The van der Waals surface area contributed by atoms with Crippen molar-refractivity contribution in [1.82, 2.24) is 14.3 Å². The predicted octanol–water partition coefficient (Wildman–Crippen LogP) is 0.666. The van der Waals surface area contributed by atoms with E-state index in [-0.39, 0.29) is 17.7 Å². The summed E-state index contributed by atoms with van der Waals surface area (Å²) in [4.78, 5) is 25.8. The first-order valence-corrected chi connectivity index (χ1v) is 7.77. The van der Waals surface area contributed by atoms with Gasteiger partial charge >= 0.3 is 5.69 Å². The second-order valence-electron chi connectivity index (χ2n) is 5.85. The van der Waals surface area contributed by atoms with Gasteiger partial charge in [-0.1, -0.05) is 0 Å². The van der Waals surface area contributed by atoms with Crippen molar-refractivity contribution in [3.8, 4) is 5.75 Å². The summed E-state index contributed by atoms with van der Waals surface area (Å²) < 4.78 is 21.0. The lowest BCUT2D eigenvalue weighted by Crippen LogP contribution is -2.46. The SMILES string of the molecule is Cn1nc(N2CCC(Oc3ccc(F)cc3)CC2)c(=O)n(C)c1=O. The summed E-state index contributed by atoms with van der Waals surface area (Å²) in [5, 5.41) is 4.09. The fourth-order valence-corrected chi connectivity index (χ4v) is 2.77. The van der Waals surface area contributed by atoms with Gasteiger partial charge in [0.15, 0.2) is 0 Å². The monoisotopic (exact) mass is 334 g/mol. The molecule has 2 aromatic rings. The number of piperidine rings is 1. The Bertz CT molecular complexity index is 836. The van der Waals surface area contributed by atoms with Crippen molar-refractivity contribution >= 4 is 5.82 Å². The Morgan fingerprint density at radius 3 is 2.38 bits per heavy atom. The van der Waals surface area contributed by atoms with E-state index in [0.717, 1.165) is 9.25 Å². The van der Waals surface area contributed by atoms with Crippen LogP contribution in [0.15, 0.2) is 33.9 Å². The molecule has 2 heterocycles. The van der Waals surface area contributed by atoms with Crippen LogP contribution >= 0.6 is 0 Å². The van der Waals surface area contributed by atoms with Crippen LogP contribution in [0.4, 0.5) is 10.2 Å². The van der Waals surface area contributed by atoms with Gasteiger partial charge in [-0.2, -0.15) is 0 Å². The maximum absolute atomic E-state index is 12.9. The average molecular weight is 334 g/mol. The summed E-state index contributed by atoms with van der Waals surface area (Å²) in [5.41, 5.74) is -0.839. The summed E-state index contributed by atoms with van der Waals surface area (Å²) >= 11 is 0. The smallest absolute Gasteiger partial charge is 0.346 e. The Morgan fingerprint density at radius 2 is 1.75 bits per heavy atom. The summed E-state index contributed by atoms with van der Waals surface area (Å²) in [6, 6.07) is 5.93. The molecule has 24 heavy (non-hydrogen) atoms. The molecule has 0 amide bonds. The van der Waals surface area contributed by atoms with Crippen LogP contribution in [0, 0.1) is 5.82 Å². The number of nitrogens with zero attached hydrogens (tertiary/aromatic N) is 4. The molecule has 3 rings (SSSR count). The van der Waals surface area contributed by atoms with E-state index in [1.54, 1.807) is 12.1 Å². The highest BCUT2D eigenvalue weighted by Gasteiger charge is 2.24. The highest BCUT2D eigenvalue weighted by atomic mass is 19.1. The summed E-state index contributed by atoms with van der Waals surface area (Å²) in [5.74, 6) is 0.611. The average Bonchev–Trinajstić information content (AvgIpc) is 2.59. The molecule has 0 radical (unpaired) electrons. The molecular formula is C16H19FN4O3. The summed E-state index contributed by atoms with van der Waals surface area (Å²) in [6.07, 6.45) is 1.43. The molecule has 1 fully saturated rings. The molecule has 128 valence electrons. The van der Waals surface area contributed by atoms with Crippen molar-refractivity contribution in [2.45, 2.75) is 18.9 Å². The van der Waals surface area contributed by atoms with Crippen LogP contribution in [-0.2, 0) is 14.1 Å². The van der Waals surface area contributed by atoms with Crippen LogP contribution in [0.25, 0.3) is 0 Å². The quantitative estimate of drug-likeness (QED) is 0.825. The third kappa shape index (κ3) is 3.17. The van der Waals surface area contributed by atoms with Gasteiger partial charge in [-0.05, 0) is 24.3 Å². The van der Waals surface area contributed by atoms with Gasteiger partial charge < -0.3 is 9.64 Å². The van der Waals surface area contributed by atoms with E-state index < -0.39 is 11.2 Å². The van der Waals surface area contributed by atoms with Gasteiger partial charge in [0.25, 0.3) is 5.56 Å². The first-order valence-electron chi connectivity index (χ1n) is 7.77. The zero-order valence-corrected chi connectivity index (χ0v) is 13.6. The zero-order chi connectivity index (χ0) is 17.3. The van der Waals surface area contributed by atoms with Crippen LogP contribution in [-0.4, -0.2) is 33.5 Å². The van der Waals surface area contributed by atoms with E-state index in [1.807, 2.05) is 4.90 Å². The van der Waals surface area contributed by atoms with Crippen molar-refractivity contribution in [2.75, 3.05) is 18.0 Å². The zero-order valence-electron chi connectivity index (χ0n) is 13.6. The van der Waals surface area contributed by atoms with E-state index in [0.29, 0.717) is 31.7 Å². The van der Waals surface area contributed by atoms with E-state index in [9.17, 15) is 14.0 Å². The molecule has 0 unspecified atom stereocenters. The maximum atomic E-state index is 12.9. The summed E-state index contributed by atoms with van der Waals surface area (Å²) in [6.45, 7) is 1.21. The molecular weight excluding hydrogens is 315 g/mol. The van der Waals surface area contributed by atoms with Gasteiger partial charge in [0.1, 0.15) is 17.7 Å². The molecule has 0 aliphatic carbocycles. The van der Waals surface area contributed by atoms with Gasteiger partial charge in [-0.3, -0.25) is 9.36 Å². The van der Waals surface area contributed by atoms with Gasteiger partial charge in [-0.15, -0.1) is 5.10 Å². The third-order valence-corrected chi connectivity index (χ3v) is 4.16. The molecule has 0 bridgehead atoms. The van der Waals surface area contributed by atoms with Crippen LogP contribution in [0.1, 0.15) is 12.8 Å². The minimum atomic E-state index is -0.446. The first kappa shape index (κ1) is 16.2. The Labute approximate surface area is 137 Å².